The van der Waals surface area contributed by atoms with Gasteiger partial charge in [-0.1, -0.05) is 18.0 Å². The van der Waals surface area contributed by atoms with Gasteiger partial charge in [0.15, 0.2) is 6.61 Å². The minimum Gasteiger partial charge on any atom is -0.484 e. The Bertz CT molecular complexity index is 743. The first kappa shape index (κ1) is 17.2. The van der Waals surface area contributed by atoms with Crippen LogP contribution in [0.2, 0.25) is 5.02 Å². The van der Waals surface area contributed by atoms with Gasteiger partial charge in [-0.05, 0) is 49.2 Å². The van der Waals surface area contributed by atoms with Crippen LogP contribution in [0.1, 0.15) is 19.3 Å². The molecule has 1 fully saturated rings. The van der Waals surface area contributed by atoms with Gasteiger partial charge in [-0.25, -0.2) is 4.98 Å². The maximum atomic E-state index is 11.9. The second-order valence-corrected chi connectivity index (χ2v) is 6.28. The van der Waals surface area contributed by atoms with Crippen LogP contribution < -0.4 is 15.4 Å². The van der Waals surface area contributed by atoms with Crippen LogP contribution in [0.4, 0.5) is 11.5 Å². The molecule has 1 aliphatic rings. The highest BCUT2D eigenvalue weighted by Gasteiger charge is 2.25. The van der Waals surface area contributed by atoms with E-state index in [0.717, 1.165) is 19.3 Å². The van der Waals surface area contributed by atoms with Gasteiger partial charge in [0.25, 0.3) is 5.91 Å². The van der Waals surface area contributed by atoms with E-state index < -0.39 is 0 Å². The number of rotatable bonds is 6. The Balaban J connectivity index is 1.46. The number of pyridine rings is 1. The van der Waals surface area contributed by atoms with E-state index in [2.05, 4.69) is 15.6 Å². The lowest BCUT2D eigenvalue weighted by Crippen LogP contribution is -2.28. The fraction of sp³-hybridized carbons (Fsp3) is 0.278. The van der Waals surface area contributed by atoms with Crippen LogP contribution >= 0.6 is 11.6 Å². The topological polar surface area (TPSA) is 80.3 Å². The Morgan fingerprint density at radius 2 is 1.88 bits per heavy atom. The standard InChI is InChI=1S/C18H18ClN3O3/c19-13-4-7-15(8-5-13)25-11-17(23)22-16-9-6-14(10-20-16)21-18(24)12-2-1-3-12/h4-10,12H,1-3,11H2,(H,21,24)(H,20,22,23). The van der Waals surface area contributed by atoms with E-state index in [-0.39, 0.29) is 24.3 Å². The van der Waals surface area contributed by atoms with Crippen molar-refractivity contribution in [2.24, 2.45) is 5.92 Å². The zero-order valence-electron chi connectivity index (χ0n) is 13.5. The van der Waals surface area contributed by atoms with E-state index in [1.54, 1.807) is 36.4 Å². The number of halogens is 1. The number of hydrogen-bond acceptors (Lipinski definition) is 4. The summed E-state index contributed by atoms with van der Waals surface area (Å²) in [5, 5.41) is 6.06. The third-order valence-electron chi connectivity index (χ3n) is 3.96. The Morgan fingerprint density at radius 1 is 1.12 bits per heavy atom. The highest BCUT2D eigenvalue weighted by atomic mass is 35.5. The van der Waals surface area contributed by atoms with Crippen molar-refractivity contribution >= 4 is 34.9 Å². The molecule has 0 unspecified atom stereocenters. The van der Waals surface area contributed by atoms with Crippen LogP contribution in [-0.4, -0.2) is 23.4 Å². The number of benzene rings is 1. The number of amides is 2. The number of carbonyl (C=O) groups excluding carboxylic acids is 2. The lowest BCUT2D eigenvalue weighted by Gasteiger charge is -2.23. The summed E-state index contributed by atoms with van der Waals surface area (Å²) in [5.41, 5.74) is 0.618. The largest absolute Gasteiger partial charge is 0.484 e. The summed E-state index contributed by atoms with van der Waals surface area (Å²) in [6.07, 6.45) is 4.52. The van der Waals surface area contributed by atoms with Gasteiger partial charge in [0.05, 0.1) is 11.9 Å². The lowest BCUT2D eigenvalue weighted by atomic mass is 9.85. The maximum absolute atomic E-state index is 11.9. The van der Waals surface area contributed by atoms with Crippen LogP contribution in [0.5, 0.6) is 5.75 Å². The lowest BCUT2D eigenvalue weighted by molar-refractivity contribution is -0.122. The Hall–Kier alpha value is -2.60. The van der Waals surface area contributed by atoms with Crippen LogP contribution in [0, 0.1) is 5.92 Å². The molecule has 0 saturated heterocycles. The fourth-order valence-electron chi connectivity index (χ4n) is 2.32. The first-order chi connectivity index (χ1) is 12.1. The molecule has 2 amide bonds. The highest BCUT2D eigenvalue weighted by molar-refractivity contribution is 6.30. The van der Waals surface area contributed by atoms with Crippen molar-refractivity contribution in [3.63, 3.8) is 0 Å². The van der Waals surface area contributed by atoms with Gasteiger partial charge >= 0.3 is 0 Å². The number of nitrogens with zero attached hydrogens (tertiary/aromatic N) is 1. The zero-order chi connectivity index (χ0) is 17.6. The van der Waals surface area contributed by atoms with Crippen molar-refractivity contribution in [3.8, 4) is 5.75 Å². The minimum atomic E-state index is -0.325. The predicted molar refractivity (Wildman–Crippen MR) is 95.8 cm³/mol. The third kappa shape index (κ3) is 4.93. The minimum absolute atomic E-state index is 0.0289. The van der Waals surface area contributed by atoms with Crippen molar-refractivity contribution in [2.75, 3.05) is 17.2 Å². The second-order valence-electron chi connectivity index (χ2n) is 5.84. The molecule has 25 heavy (non-hydrogen) atoms. The van der Waals surface area contributed by atoms with E-state index in [1.165, 1.54) is 6.20 Å². The number of nitrogens with one attached hydrogen (secondary N) is 2. The van der Waals surface area contributed by atoms with Crippen molar-refractivity contribution in [1.29, 1.82) is 0 Å². The van der Waals surface area contributed by atoms with E-state index >= 15 is 0 Å². The van der Waals surface area contributed by atoms with Crippen LogP contribution in [-0.2, 0) is 9.59 Å². The van der Waals surface area contributed by atoms with Gasteiger partial charge in [-0.2, -0.15) is 0 Å². The van der Waals surface area contributed by atoms with Crippen LogP contribution in [0.3, 0.4) is 0 Å². The fourth-order valence-corrected chi connectivity index (χ4v) is 2.44. The molecule has 1 saturated carbocycles. The Labute approximate surface area is 150 Å². The molecule has 0 bridgehead atoms. The molecular weight excluding hydrogens is 342 g/mol. The van der Waals surface area contributed by atoms with Crippen molar-refractivity contribution < 1.29 is 14.3 Å². The number of carbonyl (C=O) groups is 2. The van der Waals surface area contributed by atoms with Gasteiger partial charge < -0.3 is 15.4 Å². The summed E-state index contributed by atoms with van der Waals surface area (Å²) in [6, 6.07) is 10.1. The van der Waals surface area contributed by atoms with E-state index in [0.29, 0.717) is 22.3 Å². The molecule has 2 aromatic rings. The quantitative estimate of drug-likeness (QED) is 0.827. The van der Waals surface area contributed by atoms with Crippen LogP contribution in [0.25, 0.3) is 0 Å². The van der Waals surface area contributed by atoms with Crippen molar-refractivity contribution in [1.82, 2.24) is 4.98 Å². The average molecular weight is 360 g/mol. The summed E-state index contributed by atoms with van der Waals surface area (Å²) in [5.74, 6) is 0.771. The first-order valence-corrected chi connectivity index (χ1v) is 8.43. The predicted octanol–water partition coefficient (Wildman–Crippen LogP) is 3.49. The number of anilines is 2. The Morgan fingerprint density at radius 3 is 2.48 bits per heavy atom. The Kier molecular flexibility index (Phi) is 5.50. The van der Waals surface area contributed by atoms with Gasteiger partial charge in [0.2, 0.25) is 5.91 Å². The van der Waals surface area contributed by atoms with E-state index in [1.807, 2.05) is 0 Å². The smallest absolute Gasteiger partial charge is 0.263 e. The summed E-state index contributed by atoms with van der Waals surface area (Å²) >= 11 is 5.79. The van der Waals surface area contributed by atoms with Crippen LogP contribution in [0.15, 0.2) is 42.6 Å². The summed E-state index contributed by atoms with van der Waals surface area (Å²) in [6.45, 7) is -0.135. The van der Waals surface area contributed by atoms with Crippen molar-refractivity contribution in [2.45, 2.75) is 19.3 Å². The average Bonchev–Trinajstić information content (AvgIpc) is 2.54. The molecule has 6 nitrogen and oxygen atoms in total. The highest BCUT2D eigenvalue weighted by Crippen LogP contribution is 2.27. The van der Waals surface area contributed by atoms with E-state index in [9.17, 15) is 9.59 Å². The molecule has 2 N–H and O–H groups in total. The van der Waals surface area contributed by atoms with E-state index in [4.69, 9.17) is 16.3 Å². The number of hydrogen-bond donors (Lipinski definition) is 2. The monoisotopic (exact) mass is 359 g/mol. The number of ether oxygens (including phenoxy) is 1. The van der Waals surface area contributed by atoms with Gasteiger partial charge in [-0.15, -0.1) is 0 Å². The second kappa shape index (κ2) is 7.98. The molecule has 0 spiro atoms. The third-order valence-corrected chi connectivity index (χ3v) is 4.21. The SMILES string of the molecule is O=C(COc1ccc(Cl)cc1)Nc1ccc(NC(=O)C2CCC2)cn1. The number of aromatic nitrogens is 1. The molecule has 1 heterocycles. The van der Waals surface area contributed by atoms with Gasteiger partial charge in [0.1, 0.15) is 11.6 Å². The molecule has 130 valence electrons. The van der Waals surface area contributed by atoms with Gasteiger partial charge in [-0.3, -0.25) is 9.59 Å². The molecule has 0 atom stereocenters. The normalized spacial score (nSPS) is 13.6. The molecule has 1 aromatic heterocycles. The molecule has 0 radical (unpaired) electrons. The summed E-state index contributed by atoms with van der Waals surface area (Å²) in [7, 11) is 0. The zero-order valence-corrected chi connectivity index (χ0v) is 14.3. The molecule has 1 aliphatic carbocycles. The summed E-state index contributed by atoms with van der Waals surface area (Å²) < 4.78 is 5.36. The van der Waals surface area contributed by atoms with Crippen molar-refractivity contribution in [3.05, 3.63) is 47.6 Å². The molecule has 7 heteroatoms. The van der Waals surface area contributed by atoms with Gasteiger partial charge in [0, 0.05) is 10.9 Å². The first-order valence-electron chi connectivity index (χ1n) is 8.05. The molecular formula is C18H18ClN3O3. The summed E-state index contributed by atoms with van der Waals surface area (Å²) in [4.78, 5) is 27.9. The maximum Gasteiger partial charge on any atom is 0.263 e. The molecule has 0 aliphatic heterocycles. The molecule has 3 rings (SSSR count). The molecule has 1 aromatic carbocycles.